The molecule has 1 N–H and O–H groups in total. The van der Waals surface area contributed by atoms with Crippen LogP contribution in [0, 0.1) is 23.2 Å². The van der Waals surface area contributed by atoms with Crippen molar-refractivity contribution < 1.29 is 0 Å². The molecule has 0 aromatic carbocycles. The van der Waals surface area contributed by atoms with Crippen LogP contribution in [0.25, 0.3) is 0 Å². The Hall–Kier alpha value is -0.590. The smallest absolute Gasteiger partial charge is 0.104 e. The maximum absolute atomic E-state index is 9.34. The molecule has 0 radical (unpaired) electrons. The second-order valence-corrected chi connectivity index (χ2v) is 7.62. The number of unbranched alkanes of at least 4 members (excludes halogenated alkanes) is 1. The highest BCUT2D eigenvalue weighted by molar-refractivity contribution is 5.04. The molecule has 21 heavy (non-hydrogen) atoms. The summed E-state index contributed by atoms with van der Waals surface area (Å²) in [5, 5.41) is 12.7. The lowest BCUT2D eigenvalue weighted by atomic mass is 9.86. The van der Waals surface area contributed by atoms with E-state index in [0.717, 1.165) is 24.7 Å². The fraction of sp³-hybridized carbons (Fsp3) is 0.944. The number of hydrogen-bond acceptors (Lipinski definition) is 3. The van der Waals surface area contributed by atoms with E-state index in [1.807, 2.05) is 6.92 Å². The van der Waals surface area contributed by atoms with Gasteiger partial charge in [-0.15, -0.1) is 0 Å². The average Bonchev–Trinajstić information content (AvgIpc) is 2.43. The molecule has 1 unspecified atom stereocenters. The highest BCUT2D eigenvalue weighted by atomic mass is 15.1. The molecule has 1 saturated heterocycles. The van der Waals surface area contributed by atoms with E-state index >= 15 is 0 Å². The summed E-state index contributed by atoms with van der Waals surface area (Å²) < 4.78 is 0. The molecule has 0 saturated carbocycles. The van der Waals surface area contributed by atoms with Crippen molar-refractivity contribution in [2.45, 2.75) is 78.3 Å². The largest absolute Gasteiger partial charge is 0.303 e. The van der Waals surface area contributed by atoms with E-state index in [-0.39, 0.29) is 5.54 Å². The number of rotatable bonds is 8. The van der Waals surface area contributed by atoms with Crippen molar-refractivity contribution in [3.05, 3.63) is 0 Å². The fourth-order valence-corrected chi connectivity index (χ4v) is 3.45. The van der Waals surface area contributed by atoms with E-state index < -0.39 is 0 Å². The van der Waals surface area contributed by atoms with Gasteiger partial charge in [0.15, 0.2) is 0 Å². The summed E-state index contributed by atoms with van der Waals surface area (Å²) in [5.74, 6) is 1.77. The van der Waals surface area contributed by atoms with Crippen LogP contribution in [-0.4, -0.2) is 36.1 Å². The van der Waals surface area contributed by atoms with Gasteiger partial charge in [-0.3, -0.25) is 5.32 Å². The van der Waals surface area contributed by atoms with Crippen molar-refractivity contribution in [3.63, 3.8) is 0 Å². The summed E-state index contributed by atoms with van der Waals surface area (Å²) in [4.78, 5) is 2.61. The first-order valence-electron chi connectivity index (χ1n) is 8.77. The Morgan fingerprint density at radius 3 is 2.29 bits per heavy atom. The third-order valence-electron chi connectivity index (χ3n) is 4.83. The van der Waals surface area contributed by atoms with Crippen molar-refractivity contribution in [2.24, 2.45) is 11.8 Å². The molecule has 3 heteroatoms. The van der Waals surface area contributed by atoms with E-state index in [4.69, 9.17) is 0 Å². The molecule has 1 rings (SSSR count). The highest BCUT2D eigenvalue weighted by Crippen LogP contribution is 2.24. The van der Waals surface area contributed by atoms with Gasteiger partial charge in [-0.2, -0.15) is 5.26 Å². The Balaban J connectivity index is 2.19. The molecule has 0 aromatic heterocycles. The zero-order chi connectivity index (χ0) is 15.9. The van der Waals surface area contributed by atoms with Crippen LogP contribution in [0.3, 0.4) is 0 Å². The molecule has 3 nitrogen and oxygen atoms in total. The summed E-state index contributed by atoms with van der Waals surface area (Å²) in [7, 11) is 0. The molecular weight excluding hydrogens is 258 g/mol. The highest BCUT2D eigenvalue weighted by Gasteiger charge is 2.24. The van der Waals surface area contributed by atoms with Gasteiger partial charge in [0.05, 0.1) is 6.07 Å². The van der Waals surface area contributed by atoms with Gasteiger partial charge in [-0.1, -0.05) is 13.8 Å². The predicted molar refractivity (Wildman–Crippen MR) is 90.1 cm³/mol. The summed E-state index contributed by atoms with van der Waals surface area (Å²) in [6.07, 6.45) is 6.02. The van der Waals surface area contributed by atoms with Crippen molar-refractivity contribution >= 4 is 0 Å². The Morgan fingerprint density at radius 2 is 1.81 bits per heavy atom. The number of nitriles is 1. The van der Waals surface area contributed by atoms with Crippen LogP contribution in [0.2, 0.25) is 0 Å². The maximum Gasteiger partial charge on any atom is 0.104 e. The van der Waals surface area contributed by atoms with E-state index in [1.54, 1.807) is 0 Å². The Labute approximate surface area is 132 Å². The summed E-state index contributed by atoms with van der Waals surface area (Å²) in [5.41, 5.74) is -0.362. The van der Waals surface area contributed by atoms with Crippen LogP contribution in [0.1, 0.15) is 66.7 Å². The minimum Gasteiger partial charge on any atom is -0.303 e. The molecule has 0 spiro atoms. The first kappa shape index (κ1) is 18.5. The predicted octanol–water partition coefficient (Wildman–Crippen LogP) is 3.80. The first-order valence-corrected chi connectivity index (χ1v) is 8.77. The van der Waals surface area contributed by atoms with Crippen molar-refractivity contribution in [2.75, 3.05) is 19.6 Å². The second kappa shape index (κ2) is 8.76. The third-order valence-corrected chi connectivity index (χ3v) is 4.83. The van der Waals surface area contributed by atoms with Gasteiger partial charge in [-0.25, -0.2) is 0 Å². The van der Waals surface area contributed by atoms with Gasteiger partial charge in [0.2, 0.25) is 0 Å². The van der Waals surface area contributed by atoms with Gasteiger partial charge < -0.3 is 4.90 Å². The number of nitrogens with zero attached hydrogens (tertiary/aromatic N) is 2. The molecular formula is C18H35N3. The van der Waals surface area contributed by atoms with E-state index in [1.165, 1.54) is 38.9 Å². The zero-order valence-electron chi connectivity index (χ0n) is 14.8. The van der Waals surface area contributed by atoms with Crippen LogP contribution in [0.5, 0.6) is 0 Å². The Morgan fingerprint density at radius 1 is 1.19 bits per heavy atom. The van der Waals surface area contributed by atoms with Crippen LogP contribution < -0.4 is 5.32 Å². The van der Waals surface area contributed by atoms with Crippen molar-refractivity contribution in [3.8, 4) is 6.07 Å². The fourth-order valence-electron chi connectivity index (χ4n) is 3.45. The lowest BCUT2D eigenvalue weighted by Crippen LogP contribution is -2.45. The molecule has 0 aromatic rings. The van der Waals surface area contributed by atoms with Gasteiger partial charge >= 0.3 is 0 Å². The first-order chi connectivity index (χ1) is 9.86. The normalized spacial score (nSPS) is 20.7. The molecule has 0 bridgehead atoms. The van der Waals surface area contributed by atoms with Crippen LogP contribution in [0.4, 0.5) is 0 Å². The minimum absolute atomic E-state index is 0.362. The molecule has 0 amide bonds. The van der Waals surface area contributed by atoms with Crippen molar-refractivity contribution in [1.82, 2.24) is 10.2 Å². The summed E-state index contributed by atoms with van der Waals surface area (Å²) in [6, 6.07) is 2.81. The van der Waals surface area contributed by atoms with Crippen LogP contribution >= 0.6 is 0 Å². The van der Waals surface area contributed by atoms with Crippen LogP contribution in [0.15, 0.2) is 0 Å². The standard InChI is InChI=1S/C18H35N3/c1-15(2)17-8-12-21(13-9-17)11-7-6-10-18(5,14-19)20-16(3)4/h15-17,20H,6-13H2,1-5H3. The zero-order valence-corrected chi connectivity index (χ0v) is 14.8. The Kier molecular flexibility index (Phi) is 7.70. The van der Waals surface area contributed by atoms with Gasteiger partial charge in [-0.05, 0) is 84.3 Å². The number of likely N-dealkylation sites (tertiary alicyclic amines) is 1. The Bertz CT molecular complexity index is 324. The second-order valence-electron chi connectivity index (χ2n) is 7.62. The molecule has 1 fully saturated rings. The monoisotopic (exact) mass is 293 g/mol. The molecule has 1 aliphatic heterocycles. The van der Waals surface area contributed by atoms with E-state index in [9.17, 15) is 5.26 Å². The summed E-state index contributed by atoms with van der Waals surface area (Å²) >= 11 is 0. The topological polar surface area (TPSA) is 39.1 Å². The van der Waals surface area contributed by atoms with E-state index in [0.29, 0.717) is 6.04 Å². The number of piperidine rings is 1. The van der Waals surface area contributed by atoms with Gasteiger partial charge in [0.25, 0.3) is 0 Å². The quantitative estimate of drug-likeness (QED) is 0.692. The maximum atomic E-state index is 9.34. The molecule has 1 aliphatic rings. The lowest BCUT2D eigenvalue weighted by Gasteiger charge is -2.34. The third kappa shape index (κ3) is 6.80. The van der Waals surface area contributed by atoms with Crippen molar-refractivity contribution in [1.29, 1.82) is 5.26 Å². The molecule has 1 heterocycles. The summed E-state index contributed by atoms with van der Waals surface area (Å²) in [6.45, 7) is 14.7. The lowest BCUT2D eigenvalue weighted by molar-refractivity contribution is 0.155. The number of nitrogens with one attached hydrogen (secondary N) is 1. The van der Waals surface area contributed by atoms with E-state index in [2.05, 4.69) is 44.0 Å². The number of hydrogen-bond donors (Lipinski definition) is 1. The van der Waals surface area contributed by atoms with Gasteiger partial charge in [0.1, 0.15) is 5.54 Å². The van der Waals surface area contributed by atoms with Crippen LogP contribution in [-0.2, 0) is 0 Å². The molecule has 0 aliphatic carbocycles. The SMILES string of the molecule is CC(C)NC(C)(C#N)CCCCN1CCC(C(C)C)CC1. The average molecular weight is 293 g/mol. The molecule has 1 atom stereocenters. The van der Waals surface area contributed by atoms with Gasteiger partial charge in [0, 0.05) is 6.04 Å². The minimum atomic E-state index is -0.362. The molecule has 122 valence electrons.